The van der Waals surface area contributed by atoms with Crippen LogP contribution >= 0.6 is 23.4 Å². The molecular weight excluding hydrogens is 244 g/mol. The highest BCUT2D eigenvalue weighted by molar-refractivity contribution is 8.02. The zero-order chi connectivity index (χ0) is 11.5. The lowest BCUT2D eigenvalue weighted by atomic mass is 9.98. The average Bonchev–Trinajstić information content (AvgIpc) is 2.30. The van der Waals surface area contributed by atoms with Gasteiger partial charge in [-0.1, -0.05) is 23.7 Å². The van der Waals surface area contributed by atoms with Gasteiger partial charge < -0.3 is 5.11 Å². The first-order valence-electron chi connectivity index (χ1n) is 4.97. The third kappa shape index (κ3) is 2.48. The molecule has 16 heavy (non-hydrogen) atoms. The van der Waals surface area contributed by atoms with Crippen molar-refractivity contribution in [2.45, 2.75) is 12.5 Å². The molecule has 1 heterocycles. The lowest BCUT2D eigenvalue weighted by molar-refractivity contribution is -0.116. The van der Waals surface area contributed by atoms with E-state index < -0.39 is 6.10 Å². The van der Waals surface area contributed by atoms with Crippen LogP contribution in [-0.4, -0.2) is 16.6 Å². The largest absolute Gasteiger partial charge is 0.384 e. The summed E-state index contributed by atoms with van der Waals surface area (Å²) in [6.45, 7) is 0. The Labute approximate surface area is 103 Å². The maximum atomic E-state index is 11.6. The topological polar surface area (TPSA) is 37.3 Å². The SMILES string of the molecule is O=C1CCSC=C1C(O)c1ccc(Cl)cc1. The van der Waals surface area contributed by atoms with Crippen molar-refractivity contribution in [1.29, 1.82) is 0 Å². The first-order chi connectivity index (χ1) is 7.68. The molecule has 1 aliphatic rings. The fourth-order valence-corrected chi connectivity index (χ4v) is 2.54. The Balaban J connectivity index is 2.24. The van der Waals surface area contributed by atoms with E-state index in [1.165, 1.54) is 0 Å². The number of rotatable bonds is 2. The second kappa shape index (κ2) is 5.04. The molecule has 0 saturated carbocycles. The number of hydrogen-bond acceptors (Lipinski definition) is 3. The Bertz CT molecular complexity index is 425. The first kappa shape index (κ1) is 11.7. The van der Waals surface area contributed by atoms with E-state index in [1.807, 2.05) is 0 Å². The third-order valence-corrected chi connectivity index (χ3v) is 3.57. The van der Waals surface area contributed by atoms with E-state index in [1.54, 1.807) is 41.4 Å². The highest BCUT2D eigenvalue weighted by atomic mass is 35.5. The Kier molecular flexibility index (Phi) is 3.69. The van der Waals surface area contributed by atoms with Gasteiger partial charge in [-0.3, -0.25) is 4.79 Å². The lowest BCUT2D eigenvalue weighted by Gasteiger charge is -2.17. The Morgan fingerprint density at radius 2 is 2.00 bits per heavy atom. The van der Waals surface area contributed by atoms with Crippen LogP contribution in [0.5, 0.6) is 0 Å². The molecule has 0 radical (unpaired) electrons. The second-order valence-corrected chi connectivity index (χ2v) is 4.98. The van der Waals surface area contributed by atoms with E-state index in [9.17, 15) is 9.90 Å². The Morgan fingerprint density at radius 1 is 1.31 bits per heavy atom. The standard InChI is InChI=1S/C12H11ClO2S/c13-9-3-1-8(2-4-9)12(15)10-7-16-6-5-11(10)14/h1-4,7,12,15H,5-6H2. The van der Waals surface area contributed by atoms with E-state index in [2.05, 4.69) is 0 Å². The predicted octanol–water partition coefficient (Wildman–Crippen LogP) is 2.96. The molecule has 2 nitrogen and oxygen atoms in total. The van der Waals surface area contributed by atoms with Crippen molar-refractivity contribution in [2.75, 3.05) is 5.75 Å². The van der Waals surface area contributed by atoms with Crippen LogP contribution in [0, 0.1) is 0 Å². The van der Waals surface area contributed by atoms with Gasteiger partial charge in [-0.05, 0) is 23.1 Å². The van der Waals surface area contributed by atoms with Crippen molar-refractivity contribution < 1.29 is 9.90 Å². The molecule has 0 spiro atoms. The normalized spacial score (nSPS) is 18.1. The van der Waals surface area contributed by atoms with Gasteiger partial charge in [0, 0.05) is 22.8 Å². The number of hydrogen-bond donors (Lipinski definition) is 1. The second-order valence-electron chi connectivity index (χ2n) is 3.57. The van der Waals surface area contributed by atoms with E-state index in [4.69, 9.17) is 11.6 Å². The minimum absolute atomic E-state index is 0.0289. The van der Waals surface area contributed by atoms with E-state index in [0.29, 0.717) is 22.6 Å². The summed E-state index contributed by atoms with van der Waals surface area (Å²) in [6.07, 6.45) is -0.334. The van der Waals surface area contributed by atoms with Gasteiger partial charge in [0.1, 0.15) is 6.10 Å². The number of carbonyl (C=O) groups excluding carboxylic acids is 1. The summed E-state index contributed by atoms with van der Waals surface area (Å²) >= 11 is 7.33. The maximum absolute atomic E-state index is 11.6. The van der Waals surface area contributed by atoms with Crippen molar-refractivity contribution in [1.82, 2.24) is 0 Å². The van der Waals surface area contributed by atoms with Crippen LogP contribution in [0.1, 0.15) is 18.1 Å². The van der Waals surface area contributed by atoms with E-state index >= 15 is 0 Å². The molecule has 2 rings (SSSR count). The molecule has 1 aromatic rings. The molecule has 1 aromatic carbocycles. The van der Waals surface area contributed by atoms with Gasteiger partial charge in [0.25, 0.3) is 0 Å². The quantitative estimate of drug-likeness (QED) is 0.882. The molecule has 0 fully saturated rings. The highest BCUT2D eigenvalue weighted by Gasteiger charge is 2.22. The molecule has 0 aliphatic carbocycles. The molecule has 1 unspecified atom stereocenters. The summed E-state index contributed by atoms with van der Waals surface area (Å²) < 4.78 is 0. The predicted molar refractivity (Wildman–Crippen MR) is 66.6 cm³/mol. The number of thioether (sulfide) groups is 1. The molecule has 0 amide bonds. The number of aliphatic hydroxyl groups excluding tert-OH is 1. The smallest absolute Gasteiger partial charge is 0.163 e. The summed E-state index contributed by atoms with van der Waals surface area (Å²) in [6, 6.07) is 6.89. The Morgan fingerprint density at radius 3 is 2.62 bits per heavy atom. The minimum Gasteiger partial charge on any atom is -0.384 e. The van der Waals surface area contributed by atoms with Crippen molar-refractivity contribution in [3.63, 3.8) is 0 Å². The summed E-state index contributed by atoms with van der Waals surface area (Å²) in [5.41, 5.74) is 1.19. The van der Waals surface area contributed by atoms with E-state index in [-0.39, 0.29) is 5.78 Å². The molecule has 4 heteroatoms. The zero-order valence-corrected chi connectivity index (χ0v) is 10.1. The van der Waals surface area contributed by atoms with Gasteiger partial charge in [-0.2, -0.15) is 0 Å². The fraction of sp³-hybridized carbons (Fsp3) is 0.250. The third-order valence-electron chi connectivity index (χ3n) is 2.46. The van der Waals surface area contributed by atoms with Gasteiger partial charge in [0.2, 0.25) is 0 Å². The van der Waals surface area contributed by atoms with Crippen molar-refractivity contribution in [2.24, 2.45) is 0 Å². The number of aliphatic hydroxyl groups is 1. The molecule has 1 N–H and O–H groups in total. The molecule has 0 aromatic heterocycles. The maximum Gasteiger partial charge on any atom is 0.163 e. The zero-order valence-electron chi connectivity index (χ0n) is 8.52. The number of benzene rings is 1. The van der Waals surface area contributed by atoms with Crippen LogP contribution in [0.15, 0.2) is 35.2 Å². The molecule has 1 aliphatic heterocycles. The van der Waals surface area contributed by atoms with Crippen LogP contribution in [0.25, 0.3) is 0 Å². The monoisotopic (exact) mass is 254 g/mol. The number of Topliss-reactive ketones (excluding diaryl/α,β-unsaturated/α-hetero) is 1. The summed E-state index contributed by atoms with van der Waals surface area (Å²) in [4.78, 5) is 11.6. The van der Waals surface area contributed by atoms with Gasteiger partial charge >= 0.3 is 0 Å². The van der Waals surface area contributed by atoms with Crippen LogP contribution < -0.4 is 0 Å². The molecule has 84 valence electrons. The van der Waals surface area contributed by atoms with Crippen LogP contribution in [0.2, 0.25) is 5.02 Å². The molecule has 0 saturated heterocycles. The van der Waals surface area contributed by atoms with Crippen LogP contribution in [0.3, 0.4) is 0 Å². The van der Waals surface area contributed by atoms with Crippen molar-refractivity contribution in [3.05, 3.63) is 45.8 Å². The lowest BCUT2D eigenvalue weighted by Crippen LogP contribution is -2.14. The van der Waals surface area contributed by atoms with E-state index in [0.717, 1.165) is 5.75 Å². The number of ketones is 1. The minimum atomic E-state index is -0.836. The number of halogens is 1. The molecular formula is C12H11ClO2S. The molecule has 0 bridgehead atoms. The van der Waals surface area contributed by atoms with Crippen molar-refractivity contribution in [3.8, 4) is 0 Å². The molecule has 1 atom stereocenters. The van der Waals surface area contributed by atoms with Crippen molar-refractivity contribution >= 4 is 29.1 Å². The number of carbonyl (C=O) groups is 1. The van der Waals surface area contributed by atoms with Crippen LogP contribution in [0.4, 0.5) is 0 Å². The summed E-state index contributed by atoms with van der Waals surface area (Å²) in [7, 11) is 0. The summed E-state index contributed by atoms with van der Waals surface area (Å²) in [5.74, 6) is 0.830. The van der Waals surface area contributed by atoms with Crippen LogP contribution in [-0.2, 0) is 4.79 Å². The first-order valence-corrected chi connectivity index (χ1v) is 6.39. The van der Waals surface area contributed by atoms with Gasteiger partial charge in [0.05, 0.1) is 0 Å². The van der Waals surface area contributed by atoms with Gasteiger partial charge in [-0.25, -0.2) is 0 Å². The highest BCUT2D eigenvalue weighted by Crippen LogP contribution is 2.29. The summed E-state index contributed by atoms with van der Waals surface area (Å²) in [5, 5.41) is 12.4. The average molecular weight is 255 g/mol. The fourth-order valence-electron chi connectivity index (χ4n) is 1.55. The van der Waals surface area contributed by atoms with Gasteiger partial charge in [0.15, 0.2) is 5.78 Å². The Hall–Kier alpha value is -0.770. The van der Waals surface area contributed by atoms with Gasteiger partial charge in [-0.15, -0.1) is 11.8 Å².